The highest BCUT2D eigenvalue weighted by atomic mass is 35.5. The molecular weight excluding hydrogens is 433 g/mol. The molecule has 0 unspecified atom stereocenters. The molecular formula is C22H20Cl3NO3. The van der Waals surface area contributed by atoms with Gasteiger partial charge in [-0.1, -0.05) is 34.8 Å². The summed E-state index contributed by atoms with van der Waals surface area (Å²) in [6.07, 6.45) is 5.99. The summed E-state index contributed by atoms with van der Waals surface area (Å²) >= 11 is 18.7. The lowest BCUT2D eigenvalue weighted by atomic mass is 9.96. The molecule has 152 valence electrons. The molecule has 0 aromatic heterocycles. The molecule has 0 N–H and O–H groups in total. The van der Waals surface area contributed by atoms with Crippen LogP contribution in [0.3, 0.4) is 0 Å². The van der Waals surface area contributed by atoms with Gasteiger partial charge in [0, 0.05) is 40.4 Å². The summed E-state index contributed by atoms with van der Waals surface area (Å²) in [6.45, 7) is 1.07. The molecule has 0 radical (unpaired) electrons. The summed E-state index contributed by atoms with van der Waals surface area (Å²) in [5.41, 5.74) is 0.807. The number of aliphatic imine (C=N–C) groups is 1. The number of benzene rings is 2. The van der Waals surface area contributed by atoms with Crippen molar-refractivity contribution < 1.29 is 14.2 Å². The van der Waals surface area contributed by atoms with Gasteiger partial charge in [-0.3, -0.25) is 4.99 Å². The van der Waals surface area contributed by atoms with Gasteiger partial charge < -0.3 is 14.2 Å². The molecule has 1 saturated heterocycles. The monoisotopic (exact) mass is 451 g/mol. The first-order chi connectivity index (χ1) is 14.1. The van der Waals surface area contributed by atoms with E-state index in [1.165, 1.54) is 0 Å². The lowest BCUT2D eigenvalue weighted by Gasteiger charge is -2.29. The van der Waals surface area contributed by atoms with E-state index in [4.69, 9.17) is 49.0 Å². The van der Waals surface area contributed by atoms with Crippen LogP contribution in [0.2, 0.25) is 10.0 Å². The van der Waals surface area contributed by atoms with Crippen molar-refractivity contribution in [2.45, 2.75) is 25.0 Å². The molecule has 2 aromatic carbocycles. The van der Waals surface area contributed by atoms with Gasteiger partial charge in [0.15, 0.2) is 5.79 Å². The number of allylic oxidation sites excluding steroid dienone is 1. The molecule has 0 bridgehead atoms. The minimum Gasteiger partial charge on any atom is -0.457 e. The lowest BCUT2D eigenvalue weighted by Crippen LogP contribution is -2.27. The molecule has 2 heterocycles. The maximum atomic E-state index is 6.61. The van der Waals surface area contributed by atoms with Gasteiger partial charge in [-0.15, -0.1) is 0 Å². The third-order valence-corrected chi connectivity index (χ3v) is 5.94. The molecule has 0 saturated carbocycles. The average Bonchev–Trinajstić information content (AvgIpc) is 3.34. The minimum absolute atomic E-state index is 0.167. The predicted octanol–water partition coefficient (Wildman–Crippen LogP) is 6.94. The Bertz CT molecular complexity index is 921. The zero-order valence-corrected chi connectivity index (χ0v) is 17.9. The van der Waals surface area contributed by atoms with Crippen molar-refractivity contribution in [1.29, 1.82) is 0 Å². The van der Waals surface area contributed by atoms with Gasteiger partial charge in [0.05, 0.1) is 18.2 Å². The normalized spacial score (nSPS) is 20.1. The Hall–Kier alpha value is -1.56. The first kappa shape index (κ1) is 20.7. The number of hydrogen-bond donors (Lipinski definition) is 0. The van der Waals surface area contributed by atoms with Crippen LogP contribution in [0.5, 0.6) is 11.5 Å². The van der Waals surface area contributed by atoms with Crippen LogP contribution in [-0.4, -0.2) is 19.4 Å². The molecule has 0 aliphatic carbocycles. The zero-order valence-electron chi connectivity index (χ0n) is 15.6. The summed E-state index contributed by atoms with van der Waals surface area (Å²) < 4.78 is 17.9. The largest absolute Gasteiger partial charge is 0.457 e. The van der Waals surface area contributed by atoms with Crippen LogP contribution in [0, 0.1) is 5.92 Å². The van der Waals surface area contributed by atoms with Crippen LogP contribution in [0.15, 0.2) is 58.7 Å². The molecule has 2 aliphatic heterocycles. The van der Waals surface area contributed by atoms with E-state index >= 15 is 0 Å². The number of halogens is 3. The van der Waals surface area contributed by atoms with Gasteiger partial charge in [-0.05, 0) is 55.3 Å². The number of nitrogens with zero attached hydrogens (tertiary/aromatic N) is 1. The quantitative estimate of drug-likeness (QED) is 0.457. The van der Waals surface area contributed by atoms with E-state index in [0.29, 0.717) is 41.2 Å². The molecule has 1 fully saturated rings. The number of rotatable bonds is 7. The molecule has 29 heavy (non-hydrogen) atoms. The van der Waals surface area contributed by atoms with Crippen molar-refractivity contribution in [2.75, 3.05) is 13.2 Å². The highest BCUT2D eigenvalue weighted by Crippen LogP contribution is 2.42. The van der Waals surface area contributed by atoms with E-state index in [9.17, 15) is 0 Å². The Morgan fingerprint density at radius 3 is 2.38 bits per heavy atom. The van der Waals surface area contributed by atoms with Gasteiger partial charge in [0.25, 0.3) is 0 Å². The number of ether oxygens (including phenoxy) is 3. The standard InChI is InChI=1S/C22H20Cl3NO3/c23-16-3-5-17(6-4-16)29-18-7-8-19(20(24)12-18)22(27-10-11-28-22)9-1-2-15-13-26-14-21(15)25/h3-8,12-15H,1-2,9-11H2/t15-/m1/s1. The van der Waals surface area contributed by atoms with Crippen LogP contribution in [-0.2, 0) is 15.3 Å². The SMILES string of the molecule is ClC1=CN=C[C@H]1CCCC1(c2ccc(Oc3ccc(Cl)cc3)cc2Cl)OCCO1. The molecule has 0 amide bonds. The fraction of sp³-hybridized carbons (Fsp3) is 0.318. The minimum atomic E-state index is -0.845. The van der Waals surface area contributed by atoms with Crippen LogP contribution < -0.4 is 4.74 Å². The highest BCUT2D eigenvalue weighted by Gasteiger charge is 2.40. The molecule has 7 heteroatoms. The third-order valence-electron chi connectivity index (χ3n) is 4.99. The molecule has 1 atom stereocenters. The van der Waals surface area contributed by atoms with E-state index < -0.39 is 5.79 Å². The van der Waals surface area contributed by atoms with E-state index in [-0.39, 0.29) is 5.92 Å². The summed E-state index contributed by atoms with van der Waals surface area (Å²) in [5, 5.41) is 1.97. The molecule has 2 aliphatic rings. The van der Waals surface area contributed by atoms with Crippen molar-refractivity contribution in [3.63, 3.8) is 0 Å². The van der Waals surface area contributed by atoms with Crippen molar-refractivity contribution in [3.05, 3.63) is 69.3 Å². The lowest BCUT2D eigenvalue weighted by molar-refractivity contribution is -0.171. The number of hydrogen-bond acceptors (Lipinski definition) is 4. The Morgan fingerprint density at radius 2 is 1.72 bits per heavy atom. The summed E-state index contributed by atoms with van der Waals surface area (Å²) in [4.78, 5) is 4.11. The second-order valence-corrected chi connectivity index (χ2v) is 8.24. The molecule has 0 spiro atoms. The highest BCUT2D eigenvalue weighted by molar-refractivity contribution is 6.32. The fourth-order valence-electron chi connectivity index (χ4n) is 3.55. The first-order valence-electron chi connectivity index (χ1n) is 9.46. The van der Waals surface area contributed by atoms with Crippen LogP contribution in [0.1, 0.15) is 24.8 Å². The summed E-state index contributed by atoms with van der Waals surface area (Å²) in [6, 6.07) is 12.7. The van der Waals surface area contributed by atoms with Crippen LogP contribution >= 0.6 is 34.8 Å². The van der Waals surface area contributed by atoms with E-state index in [1.807, 2.05) is 18.3 Å². The van der Waals surface area contributed by atoms with Gasteiger partial charge in [-0.25, -0.2) is 0 Å². The summed E-state index contributed by atoms with van der Waals surface area (Å²) in [7, 11) is 0. The Kier molecular flexibility index (Phi) is 6.47. The van der Waals surface area contributed by atoms with E-state index in [1.54, 1.807) is 36.5 Å². The fourth-order valence-corrected chi connectivity index (χ4v) is 4.21. The van der Waals surface area contributed by atoms with Crippen molar-refractivity contribution in [3.8, 4) is 11.5 Å². The maximum Gasteiger partial charge on any atom is 0.196 e. The molecule has 4 rings (SSSR count). The van der Waals surface area contributed by atoms with Crippen molar-refractivity contribution in [2.24, 2.45) is 10.9 Å². The van der Waals surface area contributed by atoms with Gasteiger partial charge in [0.1, 0.15) is 11.5 Å². The summed E-state index contributed by atoms with van der Waals surface area (Å²) in [5.74, 6) is 0.639. The van der Waals surface area contributed by atoms with Crippen molar-refractivity contribution >= 4 is 41.0 Å². The zero-order chi connectivity index (χ0) is 20.3. The third kappa shape index (κ3) is 4.79. The Balaban J connectivity index is 1.47. The van der Waals surface area contributed by atoms with Crippen LogP contribution in [0.25, 0.3) is 0 Å². The topological polar surface area (TPSA) is 40.0 Å². The van der Waals surface area contributed by atoms with Crippen LogP contribution in [0.4, 0.5) is 0 Å². The Morgan fingerprint density at radius 1 is 1.00 bits per heavy atom. The van der Waals surface area contributed by atoms with Crippen molar-refractivity contribution in [1.82, 2.24) is 0 Å². The van der Waals surface area contributed by atoms with E-state index in [0.717, 1.165) is 23.4 Å². The average molecular weight is 453 g/mol. The Labute approximate surface area is 185 Å². The first-order valence-corrected chi connectivity index (χ1v) is 10.6. The second-order valence-electron chi connectivity index (χ2n) is 6.96. The molecule has 2 aromatic rings. The second kappa shape index (κ2) is 9.07. The van der Waals surface area contributed by atoms with E-state index in [2.05, 4.69) is 4.99 Å². The van der Waals surface area contributed by atoms with Gasteiger partial charge in [0.2, 0.25) is 0 Å². The predicted molar refractivity (Wildman–Crippen MR) is 116 cm³/mol. The van der Waals surface area contributed by atoms with Gasteiger partial charge in [-0.2, -0.15) is 0 Å². The van der Waals surface area contributed by atoms with Gasteiger partial charge >= 0.3 is 0 Å². The molecule has 4 nitrogen and oxygen atoms in total. The maximum absolute atomic E-state index is 6.61. The smallest absolute Gasteiger partial charge is 0.196 e.